The van der Waals surface area contributed by atoms with E-state index < -0.39 is 0 Å². The molecule has 1 saturated carbocycles. The molecule has 1 saturated heterocycles. The summed E-state index contributed by atoms with van der Waals surface area (Å²) < 4.78 is 0. The Morgan fingerprint density at radius 1 is 1.08 bits per heavy atom. The Kier molecular flexibility index (Phi) is 2.40. The summed E-state index contributed by atoms with van der Waals surface area (Å²) in [6.07, 6.45) is 10.4. The minimum atomic E-state index is 0.767. The molecule has 12 heavy (non-hydrogen) atoms. The van der Waals surface area contributed by atoms with Crippen molar-refractivity contribution < 1.29 is 0 Å². The van der Waals surface area contributed by atoms with Crippen LogP contribution in [-0.2, 0) is 0 Å². The highest BCUT2D eigenvalue weighted by molar-refractivity contribution is 4.90. The van der Waals surface area contributed by atoms with Gasteiger partial charge in [0.1, 0.15) is 0 Å². The third kappa shape index (κ3) is 1.66. The zero-order valence-corrected chi connectivity index (χ0v) is 8.23. The largest absolute Gasteiger partial charge is 0.314 e. The number of hydrogen-bond acceptors (Lipinski definition) is 1. The molecule has 0 aromatic carbocycles. The number of nitrogens with one attached hydrogen (secondary N) is 1. The highest BCUT2D eigenvalue weighted by atomic mass is 14.9. The molecule has 2 aliphatic rings. The topological polar surface area (TPSA) is 12.0 Å². The van der Waals surface area contributed by atoms with Gasteiger partial charge >= 0.3 is 0 Å². The van der Waals surface area contributed by atoms with Crippen LogP contribution in [0.25, 0.3) is 0 Å². The highest BCUT2D eigenvalue weighted by Crippen LogP contribution is 2.44. The molecule has 70 valence electrons. The molecule has 2 rings (SSSR count). The van der Waals surface area contributed by atoms with Gasteiger partial charge in [0.05, 0.1) is 0 Å². The first kappa shape index (κ1) is 8.55. The van der Waals surface area contributed by atoms with Gasteiger partial charge in [-0.2, -0.15) is 0 Å². The standard InChI is InChI=1S/C11H21N/c1-10-9-11(7-8-12-10)5-3-2-4-6-11/h10,12H,2-9H2,1H3. The lowest BCUT2D eigenvalue weighted by Gasteiger charge is -2.43. The second-order valence-electron chi connectivity index (χ2n) is 4.87. The van der Waals surface area contributed by atoms with E-state index in [2.05, 4.69) is 12.2 Å². The zero-order valence-electron chi connectivity index (χ0n) is 8.23. The molecule has 1 N–H and O–H groups in total. The van der Waals surface area contributed by atoms with E-state index in [-0.39, 0.29) is 0 Å². The molecule has 1 nitrogen and oxygen atoms in total. The molecule has 1 atom stereocenters. The van der Waals surface area contributed by atoms with Crippen molar-refractivity contribution in [2.75, 3.05) is 6.54 Å². The van der Waals surface area contributed by atoms with Gasteiger partial charge < -0.3 is 5.32 Å². The van der Waals surface area contributed by atoms with E-state index in [0.717, 1.165) is 11.5 Å². The average molecular weight is 167 g/mol. The lowest BCUT2D eigenvalue weighted by atomic mass is 9.67. The van der Waals surface area contributed by atoms with Gasteiger partial charge in [-0.25, -0.2) is 0 Å². The lowest BCUT2D eigenvalue weighted by Crippen LogP contribution is -2.43. The predicted octanol–water partition coefficient (Wildman–Crippen LogP) is 2.71. The number of hydrogen-bond donors (Lipinski definition) is 1. The molecule has 1 heteroatoms. The van der Waals surface area contributed by atoms with E-state index in [1.165, 1.54) is 51.5 Å². The first-order valence-electron chi connectivity index (χ1n) is 5.54. The van der Waals surface area contributed by atoms with Gasteiger partial charge in [0.25, 0.3) is 0 Å². The fraction of sp³-hybridized carbons (Fsp3) is 1.00. The van der Waals surface area contributed by atoms with Crippen molar-refractivity contribution >= 4 is 0 Å². The van der Waals surface area contributed by atoms with Gasteiger partial charge in [-0.3, -0.25) is 0 Å². The fourth-order valence-electron chi connectivity index (χ4n) is 3.16. The third-order valence-electron chi connectivity index (χ3n) is 3.80. The SMILES string of the molecule is CC1CC2(CCCCC2)CCN1. The van der Waals surface area contributed by atoms with Gasteiger partial charge in [0.15, 0.2) is 0 Å². The van der Waals surface area contributed by atoms with Gasteiger partial charge in [-0.15, -0.1) is 0 Å². The molecule has 0 aromatic rings. The number of piperidine rings is 1. The van der Waals surface area contributed by atoms with Crippen molar-refractivity contribution in [2.45, 2.75) is 57.9 Å². The first-order chi connectivity index (χ1) is 5.81. The van der Waals surface area contributed by atoms with Crippen LogP contribution in [0.15, 0.2) is 0 Å². The Morgan fingerprint density at radius 3 is 2.50 bits per heavy atom. The summed E-state index contributed by atoms with van der Waals surface area (Å²) >= 11 is 0. The van der Waals surface area contributed by atoms with Gasteiger partial charge in [0.2, 0.25) is 0 Å². The third-order valence-corrected chi connectivity index (χ3v) is 3.80. The maximum atomic E-state index is 3.55. The molecule has 0 radical (unpaired) electrons. The maximum Gasteiger partial charge on any atom is 0.00440 e. The number of rotatable bonds is 0. The van der Waals surface area contributed by atoms with E-state index >= 15 is 0 Å². The molecule has 0 amide bonds. The van der Waals surface area contributed by atoms with Crippen LogP contribution >= 0.6 is 0 Å². The summed E-state index contributed by atoms with van der Waals surface area (Å²) in [6.45, 7) is 3.61. The van der Waals surface area contributed by atoms with Crippen LogP contribution in [-0.4, -0.2) is 12.6 Å². The molecule has 1 heterocycles. The normalized spacial score (nSPS) is 35.2. The van der Waals surface area contributed by atoms with E-state index in [0.29, 0.717) is 0 Å². The predicted molar refractivity (Wildman–Crippen MR) is 52.2 cm³/mol. The summed E-state index contributed by atoms with van der Waals surface area (Å²) in [4.78, 5) is 0. The van der Waals surface area contributed by atoms with Crippen LogP contribution in [0.4, 0.5) is 0 Å². The Bertz CT molecular complexity index is 142. The van der Waals surface area contributed by atoms with Gasteiger partial charge in [-0.1, -0.05) is 19.3 Å². The van der Waals surface area contributed by atoms with Gasteiger partial charge in [0, 0.05) is 6.04 Å². The van der Waals surface area contributed by atoms with Crippen molar-refractivity contribution in [3.05, 3.63) is 0 Å². The van der Waals surface area contributed by atoms with E-state index in [1.54, 1.807) is 0 Å². The van der Waals surface area contributed by atoms with Crippen molar-refractivity contribution in [3.63, 3.8) is 0 Å². The Balaban J connectivity index is 1.97. The minimum Gasteiger partial charge on any atom is -0.314 e. The quantitative estimate of drug-likeness (QED) is 0.585. The summed E-state index contributed by atoms with van der Waals surface area (Å²) in [7, 11) is 0. The Morgan fingerprint density at radius 2 is 1.83 bits per heavy atom. The molecule has 0 bridgehead atoms. The molecular weight excluding hydrogens is 146 g/mol. The monoisotopic (exact) mass is 167 g/mol. The summed E-state index contributed by atoms with van der Waals surface area (Å²) in [6, 6.07) is 0.775. The second-order valence-corrected chi connectivity index (χ2v) is 4.87. The lowest BCUT2D eigenvalue weighted by molar-refractivity contribution is 0.111. The van der Waals surface area contributed by atoms with Crippen LogP contribution < -0.4 is 5.32 Å². The van der Waals surface area contributed by atoms with Crippen molar-refractivity contribution in [2.24, 2.45) is 5.41 Å². The molecule has 1 aliphatic heterocycles. The molecule has 0 aromatic heterocycles. The zero-order chi connectivity index (χ0) is 8.44. The minimum absolute atomic E-state index is 0.767. The van der Waals surface area contributed by atoms with Crippen LogP contribution in [0.1, 0.15) is 51.9 Å². The van der Waals surface area contributed by atoms with E-state index in [9.17, 15) is 0 Å². The van der Waals surface area contributed by atoms with E-state index in [1.807, 2.05) is 0 Å². The molecule has 2 fully saturated rings. The van der Waals surface area contributed by atoms with Crippen LogP contribution in [0.3, 0.4) is 0 Å². The second kappa shape index (κ2) is 3.37. The molecule has 1 aliphatic carbocycles. The Hall–Kier alpha value is -0.0400. The summed E-state index contributed by atoms with van der Waals surface area (Å²) in [5.74, 6) is 0. The van der Waals surface area contributed by atoms with Crippen molar-refractivity contribution in [3.8, 4) is 0 Å². The fourth-order valence-corrected chi connectivity index (χ4v) is 3.16. The van der Waals surface area contributed by atoms with Crippen LogP contribution in [0.5, 0.6) is 0 Å². The molecule has 1 spiro atoms. The maximum absolute atomic E-state index is 3.55. The average Bonchev–Trinajstić information content (AvgIpc) is 2.05. The molecule has 1 unspecified atom stereocenters. The highest BCUT2D eigenvalue weighted by Gasteiger charge is 2.35. The van der Waals surface area contributed by atoms with Crippen LogP contribution in [0.2, 0.25) is 0 Å². The van der Waals surface area contributed by atoms with Crippen LogP contribution in [0, 0.1) is 5.41 Å². The first-order valence-corrected chi connectivity index (χ1v) is 5.54. The molecular formula is C11H21N. The smallest absolute Gasteiger partial charge is 0.00440 e. The van der Waals surface area contributed by atoms with Crippen molar-refractivity contribution in [1.29, 1.82) is 0 Å². The summed E-state index contributed by atoms with van der Waals surface area (Å²) in [5.41, 5.74) is 0.767. The van der Waals surface area contributed by atoms with E-state index in [4.69, 9.17) is 0 Å². The van der Waals surface area contributed by atoms with Crippen molar-refractivity contribution in [1.82, 2.24) is 5.32 Å². The summed E-state index contributed by atoms with van der Waals surface area (Å²) in [5, 5.41) is 3.55. The van der Waals surface area contributed by atoms with Gasteiger partial charge in [-0.05, 0) is 44.6 Å². The Labute approximate surface area is 75.9 Å².